The van der Waals surface area contributed by atoms with E-state index >= 15 is 0 Å². The molecule has 0 fully saturated rings. The van der Waals surface area contributed by atoms with E-state index in [9.17, 15) is 8.42 Å². The van der Waals surface area contributed by atoms with Gasteiger partial charge in [-0.3, -0.25) is 4.72 Å². The van der Waals surface area contributed by atoms with Crippen LogP contribution in [0.5, 0.6) is 0 Å². The van der Waals surface area contributed by atoms with Crippen molar-refractivity contribution < 1.29 is 8.42 Å². The van der Waals surface area contributed by atoms with Crippen LogP contribution in [0.1, 0.15) is 0 Å². The lowest BCUT2D eigenvalue weighted by molar-refractivity contribution is 0.603. The molecule has 0 radical (unpaired) electrons. The van der Waals surface area contributed by atoms with E-state index in [1.165, 1.54) is 24.8 Å². The van der Waals surface area contributed by atoms with Crippen molar-refractivity contribution in [1.82, 2.24) is 9.97 Å². The first kappa shape index (κ1) is 12.7. The van der Waals surface area contributed by atoms with E-state index < -0.39 is 10.0 Å². The van der Waals surface area contributed by atoms with Crippen LogP contribution in [0.15, 0.2) is 32.8 Å². The molecule has 0 aliphatic carbocycles. The summed E-state index contributed by atoms with van der Waals surface area (Å²) in [6.07, 6.45) is 4.06. The van der Waals surface area contributed by atoms with Crippen LogP contribution in [0.25, 0.3) is 0 Å². The van der Waals surface area contributed by atoms with Crippen molar-refractivity contribution in [3.8, 4) is 0 Å². The Bertz CT molecular complexity index is 610. The third-order valence-corrected chi connectivity index (χ3v) is 6.03. The van der Waals surface area contributed by atoms with Crippen molar-refractivity contribution in [1.29, 1.82) is 0 Å². The second kappa shape index (κ2) is 4.89. The molecule has 0 saturated heterocycles. The molecule has 0 aliphatic heterocycles. The number of thiophene rings is 1. The molecule has 0 bridgehead atoms. The zero-order valence-corrected chi connectivity index (χ0v) is 12.1. The molecule has 0 saturated carbocycles. The first-order valence-corrected chi connectivity index (χ1v) is 7.69. The summed E-state index contributed by atoms with van der Waals surface area (Å²) in [7, 11) is -3.64. The molecule has 2 heterocycles. The number of aromatic nitrogens is 2. The second-order valence-corrected chi connectivity index (χ2v) is 7.61. The molecule has 2 rings (SSSR count). The lowest BCUT2D eigenvalue weighted by Gasteiger charge is -2.03. The van der Waals surface area contributed by atoms with Crippen LogP contribution in [0.4, 0.5) is 5.69 Å². The predicted octanol–water partition coefficient (Wildman–Crippen LogP) is 2.75. The highest BCUT2D eigenvalue weighted by molar-refractivity contribution is 9.11. The van der Waals surface area contributed by atoms with Gasteiger partial charge in [-0.05, 0) is 22.0 Å². The van der Waals surface area contributed by atoms with Gasteiger partial charge in [-0.1, -0.05) is 11.6 Å². The number of halogens is 2. The van der Waals surface area contributed by atoms with Crippen molar-refractivity contribution in [2.45, 2.75) is 4.21 Å². The largest absolute Gasteiger partial charge is 0.276 e. The molecule has 5 nitrogen and oxygen atoms in total. The molecule has 0 atom stereocenters. The summed E-state index contributed by atoms with van der Waals surface area (Å²) in [5, 5.41) is 0.361. The number of nitrogens with one attached hydrogen (secondary N) is 1. The van der Waals surface area contributed by atoms with Gasteiger partial charge in [0.2, 0.25) is 0 Å². The predicted molar refractivity (Wildman–Crippen MR) is 69.9 cm³/mol. The third kappa shape index (κ3) is 2.95. The summed E-state index contributed by atoms with van der Waals surface area (Å²) >= 11 is 9.98. The quantitative estimate of drug-likeness (QED) is 0.920. The molecule has 0 spiro atoms. The summed E-state index contributed by atoms with van der Waals surface area (Å²) in [5.74, 6) is 0. The molecule has 90 valence electrons. The molecule has 0 aliphatic rings. The second-order valence-electron chi connectivity index (χ2n) is 2.92. The van der Waals surface area contributed by atoms with Gasteiger partial charge in [-0.15, -0.1) is 11.3 Å². The van der Waals surface area contributed by atoms with Crippen LogP contribution in [0.2, 0.25) is 5.02 Å². The average molecular weight is 355 g/mol. The highest BCUT2D eigenvalue weighted by Crippen LogP contribution is 2.35. The molecule has 0 amide bonds. The summed E-state index contributed by atoms with van der Waals surface area (Å²) in [4.78, 5) is 7.43. The lowest BCUT2D eigenvalue weighted by Crippen LogP contribution is -2.11. The molecular weight excluding hydrogens is 350 g/mol. The topological polar surface area (TPSA) is 72.0 Å². The van der Waals surface area contributed by atoms with Gasteiger partial charge in [0.25, 0.3) is 10.0 Å². The van der Waals surface area contributed by atoms with E-state index in [1.807, 2.05) is 0 Å². The maximum Gasteiger partial charge on any atom is 0.271 e. The SMILES string of the molecule is O=S(=O)(Nc1cncnc1)c1cc(Cl)c(Br)s1. The van der Waals surface area contributed by atoms with E-state index in [0.717, 1.165) is 11.3 Å². The molecular formula is C8H5BrClN3O2S2. The Kier molecular flexibility index (Phi) is 3.67. The zero-order chi connectivity index (χ0) is 12.5. The number of anilines is 1. The standard InChI is InChI=1S/C8H5BrClN3O2S2/c9-8-6(10)1-7(16-8)17(14,15)13-5-2-11-4-12-3-5/h1-4,13H. The highest BCUT2D eigenvalue weighted by atomic mass is 79.9. The van der Waals surface area contributed by atoms with Gasteiger partial charge >= 0.3 is 0 Å². The first-order valence-electron chi connectivity index (χ1n) is 4.22. The molecule has 9 heteroatoms. The fourth-order valence-corrected chi connectivity index (χ4v) is 4.44. The van der Waals surface area contributed by atoms with Crippen LogP contribution >= 0.6 is 38.9 Å². The fraction of sp³-hybridized carbons (Fsp3) is 0. The Labute approximate surface area is 115 Å². The van der Waals surface area contributed by atoms with Gasteiger partial charge in [-0.2, -0.15) is 0 Å². The van der Waals surface area contributed by atoms with E-state index in [1.54, 1.807) is 0 Å². The van der Waals surface area contributed by atoms with E-state index in [2.05, 4.69) is 30.6 Å². The van der Waals surface area contributed by atoms with Gasteiger partial charge in [0.1, 0.15) is 10.5 Å². The molecule has 0 aromatic carbocycles. The monoisotopic (exact) mass is 353 g/mol. The summed E-state index contributed by atoms with van der Waals surface area (Å²) < 4.78 is 26.9. The smallest absolute Gasteiger partial charge is 0.271 e. The van der Waals surface area contributed by atoms with Crippen molar-refractivity contribution in [3.63, 3.8) is 0 Å². The number of rotatable bonds is 3. The van der Waals surface area contributed by atoms with Crippen LogP contribution in [0, 0.1) is 0 Å². The highest BCUT2D eigenvalue weighted by Gasteiger charge is 2.19. The number of hydrogen-bond donors (Lipinski definition) is 1. The minimum Gasteiger partial charge on any atom is -0.276 e. The van der Waals surface area contributed by atoms with E-state index in [-0.39, 0.29) is 4.21 Å². The van der Waals surface area contributed by atoms with Gasteiger partial charge in [-0.25, -0.2) is 18.4 Å². The van der Waals surface area contributed by atoms with Crippen LogP contribution in [-0.4, -0.2) is 18.4 Å². The average Bonchev–Trinajstić information content (AvgIpc) is 2.61. The normalized spacial score (nSPS) is 11.4. The van der Waals surface area contributed by atoms with E-state index in [0.29, 0.717) is 14.5 Å². The van der Waals surface area contributed by atoms with Crippen LogP contribution < -0.4 is 4.72 Å². The first-order chi connectivity index (χ1) is 7.99. The number of nitrogens with zero attached hydrogens (tertiary/aromatic N) is 2. The minimum atomic E-state index is -3.64. The van der Waals surface area contributed by atoms with Crippen molar-refractivity contribution in [2.24, 2.45) is 0 Å². The van der Waals surface area contributed by atoms with E-state index in [4.69, 9.17) is 11.6 Å². The lowest BCUT2D eigenvalue weighted by atomic mass is 10.6. The summed E-state index contributed by atoms with van der Waals surface area (Å²) in [6, 6.07) is 1.38. The molecule has 0 unspecified atom stereocenters. The Hall–Kier alpha value is -0.700. The Morgan fingerprint density at radius 3 is 2.53 bits per heavy atom. The Morgan fingerprint density at radius 1 is 1.35 bits per heavy atom. The van der Waals surface area contributed by atoms with Crippen LogP contribution in [-0.2, 0) is 10.0 Å². The van der Waals surface area contributed by atoms with Crippen LogP contribution in [0.3, 0.4) is 0 Å². The van der Waals surface area contributed by atoms with Gasteiger partial charge in [0.05, 0.1) is 26.9 Å². The fourth-order valence-electron chi connectivity index (χ4n) is 1.02. The molecule has 1 N–H and O–H groups in total. The van der Waals surface area contributed by atoms with Crippen molar-refractivity contribution in [2.75, 3.05) is 4.72 Å². The Morgan fingerprint density at radius 2 is 2.00 bits per heavy atom. The van der Waals surface area contributed by atoms with Gasteiger partial charge < -0.3 is 0 Å². The van der Waals surface area contributed by atoms with Crippen molar-refractivity contribution in [3.05, 3.63) is 33.6 Å². The maximum absolute atomic E-state index is 11.9. The van der Waals surface area contributed by atoms with Crippen molar-refractivity contribution >= 4 is 54.6 Å². The third-order valence-electron chi connectivity index (χ3n) is 1.70. The number of sulfonamides is 1. The van der Waals surface area contributed by atoms with Gasteiger partial charge in [0.15, 0.2) is 0 Å². The molecule has 2 aromatic rings. The summed E-state index contributed by atoms with van der Waals surface area (Å²) in [6.45, 7) is 0. The summed E-state index contributed by atoms with van der Waals surface area (Å²) in [5.41, 5.74) is 0.299. The zero-order valence-electron chi connectivity index (χ0n) is 8.09. The maximum atomic E-state index is 11.9. The van der Waals surface area contributed by atoms with Gasteiger partial charge in [0, 0.05) is 0 Å². The molecule has 2 aromatic heterocycles. The Balaban J connectivity index is 2.32. The molecule has 17 heavy (non-hydrogen) atoms. The number of hydrogen-bond acceptors (Lipinski definition) is 5. The minimum absolute atomic E-state index is 0.123.